The number of hydrogen-bond donors (Lipinski definition) is 3. The third-order valence-corrected chi connectivity index (χ3v) is 9.14. The molecule has 0 unspecified atom stereocenters. The molecule has 222 valence electrons. The summed E-state index contributed by atoms with van der Waals surface area (Å²) in [6.07, 6.45) is 8.29. The number of piperidine rings is 2. The molecule has 0 atom stereocenters. The van der Waals surface area contributed by atoms with Crippen LogP contribution in [-0.2, 0) is 0 Å². The zero-order chi connectivity index (χ0) is 28.9. The van der Waals surface area contributed by atoms with E-state index in [9.17, 15) is 0 Å². The van der Waals surface area contributed by atoms with Gasteiger partial charge in [0.05, 0.1) is 29.6 Å². The average Bonchev–Trinajstić information content (AvgIpc) is 3.49. The van der Waals surface area contributed by atoms with Crippen LogP contribution in [0.25, 0.3) is 11.0 Å². The van der Waals surface area contributed by atoms with Gasteiger partial charge in [-0.2, -0.15) is 15.1 Å². The Bertz CT molecular complexity index is 1480. The van der Waals surface area contributed by atoms with Crippen molar-refractivity contribution in [2.24, 2.45) is 0 Å². The topological polar surface area (TPSA) is 94.2 Å². The van der Waals surface area contributed by atoms with Crippen LogP contribution in [0.2, 0.25) is 0 Å². The summed E-state index contributed by atoms with van der Waals surface area (Å²) in [7, 11) is 0. The third-order valence-electron chi connectivity index (χ3n) is 8.06. The zero-order valence-corrected chi connectivity index (χ0v) is 25.7. The van der Waals surface area contributed by atoms with E-state index in [0.717, 1.165) is 41.6 Å². The SMILES string of the molecule is CCOc1cc(N2CCC(N3CCCCC3)CC2)ccc1Nc1nc(Nc2ccccc2SC(C)C)c2cn[nH]c2n1. The smallest absolute Gasteiger partial charge is 0.231 e. The van der Waals surface area contributed by atoms with Gasteiger partial charge in [-0.15, -0.1) is 11.8 Å². The van der Waals surface area contributed by atoms with Gasteiger partial charge in [0, 0.05) is 41.0 Å². The Morgan fingerprint density at radius 2 is 1.79 bits per heavy atom. The first kappa shape index (κ1) is 28.6. The van der Waals surface area contributed by atoms with Gasteiger partial charge in [-0.05, 0) is 70.0 Å². The van der Waals surface area contributed by atoms with E-state index in [1.165, 1.54) is 55.8 Å². The Morgan fingerprint density at radius 3 is 2.57 bits per heavy atom. The predicted octanol–water partition coefficient (Wildman–Crippen LogP) is 7.19. The summed E-state index contributed by atoms with van der Waals surface area (Å²) in [5.41, 5.74) is 3.71. The number of fused-ring (bicyclic) bond motifs is 1. The van der Waals surface area contributed by atoms with Crippen LogP contribution < -0.4 is 20.3 Å². The minimum atomic E-state index is 0.463. The van der Waals surface area contributed by atoms with Crippen molar-refractivity contribution in [1.82, 2.24) is 25.1 Å². The summed E-state index contributed by atoms with van der Waals surface area (Å²) in [6.45, 7) is 11.7. The molecule has 3 N–H and O–H groups in total. The van der Waals surface area contributed by atoms with Crippen LogP contribution in [0.4, 0.5) is 28.8 Å². The van der Waals surface area contributed by atoms with Crippen molar-refractivity contribution in [3.05, 3.63) is 48.7 Å². The molecule has 0 aliphatic carbocycles. The van der Waals surface area contributed by atoms with E-state index in [2.05, 4.69) is 80.9 Å². The monoisotopic (exact) mass is 586 g/mol. The fraction of sp³-hybridized carbons (Fsp3) is 0.469. The molecule has 0 radical (unpaired) electrons. The number of hydrogen-bond acceptors (Lipinski definition) is 9. The first-order chi connectivity index (χ1) is 20.6. The molecule has 0 bridgehead atoms. The Hall–Kier alpha value is -3.50. The van der Waals surface area contributed by atoms with Gasteiger partial charge in [0.1, 0.15) is 11.6 Å². The third kappa shape index (κ3) is 6.60. The molecule has 2 saturated heterocycles. The number of nitrogens with one attached hydrogen (secondary N) is 3. The molecule has 6 rings (SSSR count). The lowest BCUT2D eigenvalue weighted by Gasteiger charge is -2.41. The van der Waals surface area contributed by atoms with Gasteiger partial charge in [0.2, 0.25) is 5.95 Å². The number of ether oxygens (including phenoxy) is 1. The van der Waals surface area contributed by atoms with Crippen LogP contribution in [0.3, 0.4) is 0 Å². The number of benzene rings is 2. The maximum atomic E-state index is 6.12. The summed E-state index contributed by atoms with van der Waals surface area (Å²) in [6, 6.07) is 15.4. The van der Waals surface area contributed by atoms with Crippen molar-refractivity contribution < 1.29 is 4.74 Å². The number of aromatic amines is 1. The quantitative estimate of drug-likeness (QED) is 0.167. The standard InChI is InChI=1S/C32H42N8OS/c1-4-41-28-20-24(40-18-14-23(15-19-40)39-16-8-5-9-17-39)12-13-26(28)35-32-36-30(25-21-33-38-31(25)37-32)34-27-10-6-7-11-29(27)42-22(2)3/h6-7,10-13,20-23H,4-5,8-9,14-19H2,1-3H3,(H3,33,34,35,36,37,38). The number of para-hydroxylation sites is 1. The average molecular weight is 587 g/mol. The molecule has 2 aliphatic heterocycles. The second-order valence-corrected chi connectivity index (χ2v) is 13.0. The van der Waals surface area contributed by atoms with Crippen molar-refractivity contribution in [3.8, 4) is 5.75 Å². The minimum Gasteiger partial charge on any atom is -0.492 e. The molecule has 9 nitrogen and oxygen atoms in total. The molecular weight excluding hydrogens is 544 g/mol. The van der Waals surface area contributed by atoms with Crippen LogP contribution in [0.5, 0.6) is 5.75 Å². The highest BCUT2D eigenvalue weighted by atomic mass is 32.2. The highest BCUT2D eigenvalue weighted by Gasteiger charge is 2.26. The van der Waals surface area contributed by atoms with Gasteiger partial charge in [-0.25, -0.2) is 0 Å². The summed E-state index contributed by atoms with van der Waals surface area (Å²) in [5.74, 6) is 1.97. The molecule has 2 fully saturated rings. The Labute approximate surface area is 252 Å². The van der Waals surface area contributed by atoms with Gasteiger partial charge >= 0.3 is 0 Å². The van der Waals surface area contributed by atoms with Gasteiger partial charge in [0.25, 0.3) is 0 Å². The van der Waals surface area contributed by atoms with Gasteiger partial charge < -0.3 is 25.2 Å². The fourth-order valence-corrected chi connectivity index (χ4v) is 6.93. The van der Waals surface area contributed by atoms with E-state index in [-0.39, 0.29) is 0 Å². The zero-order valence-electron chi connectivity index (χ0n) is 24.9. The highest BCUT2D eigenvalue weighted by molar-refractivity contribution is 8.00. The van der Waals surface area contributed by atoms with E-state index in [4.69, 9.17) is 14.7 Å². The van der Waals surface area contributed by atoms with Crippen LogP contribution in [0.1, 0.15) is 52.9 Å². The van der Waals surface area contributed by atoms with Crippen molar-refractivity contribution in [3.63, 3.8) is 0 Å². The molecule has 42 heavy (non-hydrogen) atoms. The number of aromatic nitrogens is 4. The molecule has 2 aromatic carbocycles. The Kier molecular flexibility index (Phi) is 9.00. The van der Waals surface area contributed by atoms with Crippen molar-refractivity contribution >= 4 is 51.6 Å². The van der Waals surface area contributed by atoms with E-state index < -0.39 is 0 Å². The second kappa shape index (κ2) is 13.2. The van der Waals surface area contributed by atoms with Crippen LogP contribution >= 0.6 is 11.8 Å². The lowest BCUT2D eigenvalue weighted by molar-refractivity contribution is 0.141. The summed E-state index contributed by atoms with van der Waals surface area (Å²) < 4.78 is 6.12. The molecule has 2 aromatic heterocycles. The molecular formula is C32H42N8OS. The van der Waals surface area contributed by atoms with Gasteiger partial charge in [-0.1, -0.05) is 32.4 Å². The summed E-state index contributed by atoms with van der Waals surface area (Å²) >= 11 is 1.82. The molecule has 0 amide bonds. The van der Waals surface area contributed by atoms with Crippen molar-refractivity contribution in [1.29, 1.82) is 0 Å². The van der Waals surface area contributed by atoms with E-state index >= 15 is 0 Å². The van der Waals surface area contributed by atoms with Crippen molar-refractivity contribution in [2.45, 2.75) is 69.1 Å². The number of rotatable bonds is 10. The fourth-order valence-electron chi connectivity index (χ4n) is 6.02. The molecule has 4 heterocycles. The number of likely N-dealkylation sites (tertiary alicyclic amines) is 1. The lowest BCUT2D eigenvalue weighted by Crippen LogP contribution is -2.46. The minimum absolute atomic E-state index is 0.463. The molecule has 0 spiro atoms. The van der Waals surface area contributed by atoms with Gasteiger partial charge in [-0.3, -0.25) is 5.10 Å². The summed E-state index contributed by atoms with van der Waals surface area (Å²) in [5, 5.41) is 15.5. The van der Waals surface area contributed by atoms with Crippen LogP contribution in [-0.4, -0.2) is 69.1 Å². The van der Waals surface area contributed by atoms with Gasteiger partial charge in [0.15, 0.2) is 5.65 Å². The highest BCUT2D eigenvalue weighted by Crippen LogP contribution is 2.36. The summed E-state index contributed by atoms with van der Waals surface area (Å²) in [4.78, 5) is 16.0. The molecule has 2 aliphatic rings. The maximum Gasteiger partial charge on any atom is 0.231 e. The molecule has 10 heteroatoms. The van der Waals surface area contributed by atoms with Crippen LogP contribution in [0, 0.1) is 0 Å². The maximum absolute atomic E-state index is 6.12. The Balaban J connectivity index is 1.21. The first-order valence-corrected chi connectivity index (χ1v) is 16.2. The molecule has 4 aromatic rings. The van der Waals surface area contributed by atoms with Crippen LogP contribution in [0.15, 0.2) is 53.6 Å². The number of H-pyrrole nitrogens is 1. The number of nitrogens with zero attached hydrogens (tertiary/aromatic N) is 5. The first-order valence-electron chi connectivity index (χ1n) is 15.3. The van der Waals surface area contributed by atoms with Crippen molar-refractivity contribution in [2.75, 3.05) is 48.3 Å². The van der Waals surface area contributed by atoms with E-state index in [0.29, 0.717) is 29.3 Å². The largest absolute Gasteiger partial charge is 0.492 e. The second-order valence-electron chi connectivity index (χ2n) is 11.4. The lowest BCUT2D eigenvalue weighted by atomic mass is 9.99. The molecule has 0 saturated carbocycles. The number of anilines is 5. The number of thioether (sulfide) groups is 1. The Morgan fingerprint density at radius 1 is 0.976 bits per heavy atom. The van der Waals surface area contributed by atoms with E-state index in [1.807, 2.05) is 24.8 Å². The normalized spacial score (nSPS) is 16.7. The predicted molar refractivity (Wildman–Crippen MR) is 174 cm³/mol. The van der Waals surface area contributed by atoms with E-state index in [1.54, 1.807) is 6.20 Å².